The highest BCUT2D eigenvalue weighted by molar-refractivity contribution is 9.10. The van der Waals surface area contributed by atoms with Crippen molar-refractivity contribution in [2.45, 2.75) is 37.0 Å². The Bertz CT molecular complexity index is 1350. The van der Waals surface area contributed by atoms with Crippen molar-refractivity contribution in [2.24, 2.45) is 0 Å². The fourth-order valence-corrected chi connectivity index (χ4v) is 6.31. The monoisotopic (exact) mass is 534 g/mol. The maximum atomic E-state index is 12.9. The van der Waals surface area contributed by atoms with Gasteiger partial charge in [-0.15, -0.1) is 0 Å². The number of amides is 1. The maximum Gasteiger partial charge on any atom is 0.412 e. The minimum Gasteiger partial charge on any atom is -0.493 e. The van der Waals surface area contributed by atoms with Crippen molar-refractivity contribution in [3.63, 3.8) is 0 Å². The summed E-state index contributed by atoms with van der Waals surface area (Å²) < 4.78 is 19.1. The molecule has 0 fully saturated rings. The van der Waals surface area contributed by atoms with Gasteiger partial charge in [-0.25, -0.2) is 4.79 Å². The molecule has 0 radical (unpaired) electrons. The van der Waals surface area contributed by atoms with Crippen LogP contribution in [0, 0.1) is 0 Å². The van der Waals surface area contributed by atoms with E-state index in [0.717, 1.165) is 51.9 Å². The zero-order chi connectivity index (χ0) is 24.2. The predicted octanol–water partition coefficient (Wildman–Crippen LogP) is 6.02. The third kappa shape index (κ3) is 3.69. The van der Waals surface area contributed by atoms with Crippen molar-refractivity contribution in [1.29, 1.82) is 0 Å². The molecular formula is C28H27BrN2O4. The summed E-state index contributed by atoms with van der Waals surface area (Å²) in [6.45, 7) is 1.78. The van der Waals surface area contributed by atoms with Gasteiger partial charge >= 0.3 is 6.09 Å². The zero-order valence-electron chi connectivity index (χ0n) is 19.7. The van der Waals surface area contributed by atoms with Crippen LogP contribution in [0.2, 0.25) is 0 Å². The molecule has 180 valence electrons. The molecule has 3 aromatic carbocycles. The first-order chi connectivity index (χ1) is 17.0. The second kappa shape index (κ2) is 8.57. The summed E-state index contributed by atoms with van der Waals surface area (Å²) >= 11 is 3.77. The van der Waals surface area contributed by atoms with Crippen molar-refractivity contribution in [3.05, 3.63) is 76.3 Å². The number of hydrogen-bond donors (Lipinski definition) is 1. The van der Waals surface area contributed by atoms with E-state index in [4.69, 9.17) is 14.2 Å². The number of anilines is 1. The summed E-state index contributed by atoms with van der Waals surface area (Å²) in [7, 11) is 3.82. The number of hydrogen-bond acceptors (Lipinski definition) is 5. The van der Waals surface area contributed by atoms with Gasteiger partial charge in [-0.3, -0.25) is 5.32 Å². The highest BCUT2D eigenvalue weighted by Crippen LogP contribution is 2.57. The lowest BCUT2D eigenvalue weighted by molar-refractivity contribution is 0.0667. The summed E-state index contributed by atoms with van der Waals surface area (Å²) in [4.78, 5) is 15.2. The van der Waals surface area contributed by atoms with Crippen LogP contribution in [0.5, 0.6) is 11.5 Å². The summed E-state index contributed by atoms with van der Waals surface area (Å²) in [5.41, 5.74) is 2.91. The molecule has 1 N–H and O–H groups in total. The van der Waals surface area contributed by atoms with Gasteiger partial charge < -0.3 is 19.1 Å². The summed E-state index contributed by atoms with van der Waals surface area (Å²) in [6.07, 6.45) is 4.76. The second-order valence-corrected chi connectivity index (χ2v) is 10.4. The summed E-state index contributed by atoms with van der Waals surface area (Å²) in [5.74, 6) is 1.55. The molecule has 3 aliphatic rings. The molecule has 0 unspecified atom stereocenters. The van der Waals surface area contributed by atoms with Gasteiger partial charge in [0.05, 0.1) is 18.2 Å². The van der Waals surface area contributed by atoms with Crippen LogP contribution in [-0.4, -0.2) is 43.9 Å². The van der Waals surface area contributed by atoms with Crippen LogP contribution in [0.1, 0.15) is 24.0 Å². The number of benzene rings is 3. The van der Waals surface area contributed by atoms with Crippen LogP contribution in [0.15, 0.2) is 65.2 Å². The number of fused-ring (bicyclic) bond motifs is 1. The van der Waals surface area contributed by atoms with Crippen LogP contribution < -0.4 is 14.8 Å². The van der Waals surface area contributed by atoms with Gasteiger partial charge in [0, 0.05) is 28.4 Å². The van der Waals surface area contributed by atoms with E-state index < -0.39 is 6.09 Å². The molecule has 3 atom stereocenters. The van der Waals surface area contributed by atoms with Crippen molar-refractivity contribution < 1.29 is 19.0 Å². The Morgan fingerprint density at radius 2 is 2.06 bits per heavy atom. The molecule has 0 bridgehead atoms. The normalized spacial score (nSPS) is 24.8. The molecular weight excluding hydrogens is 508 g/mol. The number of halogens is 1. The van der Waals surface area contributed by atoms with E-state index in [0.29, 0.717) is 6.42 Å². The fraction of sp³-hybridized carbons (Fsp3) is 0.321. The second-order valence-electron chi connectivity index (χ2n) is 9.57. The van der Waals surface area contributed by atoms with E-state index in [9.17, 15) is 4.79 Å². The number of carbonyl (C=O) groups is 1. The largest absolute Gasteiger partial charge is 0.493 e. The Kier molecular flexibility index (Phi) is 5.49. The van der Waals surface area contributed by atoms with Crippen LogP contribution in [0.4, 0.5) is 10.5 Å². The Labute approximate surface area is 213 Å². The van der Waals surface area contributed by atoms with E-state index in [-0.39, 0.29) is 17.6 Å². The van der Waals surface area contributed by atoms with E-state index >= 15 is 0 Å². The van der Waals surface area contributed by atoms with E-state index in [2.05, 4.69) is 39.3 Å². The first kappa shape index (κ1) is 22.4. The molecule has 6 nitrogen and oxygen atoms in total. The third-order valence-electron chi connectivity index (χ3n) is 7.49. The lowest BCUT2D eigenvalue weighted by Crippen LogP contribution is -2.44. The molecule has 1 spiro atoms. The van der Waals surface area contributed by atoms with Gasteiger partial charge in [-0.1, -0.05) is 58.4 Å². The molecule has 0 saturated carbocycles. The van der Waals surface area contributed by atoms with Crippen molar-refractivity contribution in [2.75, 3.05) is 26.0 Å². The molecule has 0 aromatic heterocycles. The topological polar surface area (TPSA) is 60.0 Å². The Balaban J connectivity index is 1.27. The van der Waals surface area contributed by atoms with Crippen LogP contribution in [-0.2, 0) is 16.7 Å². The van der Waals surface area contributed by atoms with Crippen LogP contribution in [0.3, 0.4) is 0 Å². The zero-order valence-corrected chi connectivity index (χ0v) is 21.3. The molecule has 1 aliphatic carbocycles. The van der Waals surface area contributed by atoms with E-state index in [1.165, 1.54) is 11.1 Å². The highest BCUT2D eigenvalue weighted by atomic mass is 79.9. The van der Waals surface area contributed by atoms with Crippen molar-refractivity contribution in [1.82, 2.24) is 4.90 Å². The van der Waals surface area contributed by atoms with Gasteiger partial charge in [0.1, 0.15) is 12.2 Å². The van der Waals surface area contributed by atoms with Gasteiger partial charge in [0.2, 0.25) is 0 Å². The third-order valence-corrected chi connectivity index (χ3v) is 8.20. The minimum atomic E-state index is -0.468. The number of methoxy groups -OCH3 is 1. The van der Waals surface area contributed by atoms with Gasteiger partial charge in [0.15, 0.2) is 11.5 Å². The Hall–Kier alpha value is -3.03. The number of ether oxygens (including phenoxy) is 3. The highest BCUT2D eigenvalue weighted by Gasteiger charge is 2.53. The summed E-state index contributed by atoms with van der Waals surface area (Å²) in [5, 5.41) is 4.97. The number of carbonyl (C=O) groups excluding carboxylic acids is 1. The SMILES string of the molecule is COc1cc(Br)c2c3c1O[C@H]1C[C@@H](OC(=O)Nc4cccc5ccccc45)C=C[C@@]31CCN(C)C2. The van der Waals surface area contributed by atoms with Crippen LogP contribution >= 0.6 is 15.9 Å². The first-order valence-electron chi connectivity index (χ1n) is 11.9. The molecule has 7 heteroatoms. The average Bonchev–Trinajstić information content (AvgIpc) is 3.10. The fourth-order valence-electron chi connectivity index (χ4n) is 5.78. The average molecular weight is 535 g/mol. The predicted molar refractivity (Wildman–Crippen MR) is 139 cm³/mol. The van der Waals surface area contributed by atoms with E-state index in [1.54, 1.807) is 7.11 Å². The van der Waals surface area contributed by atoms with Crippen LogP contribution in [0.25, 0.3) is 10.8 Å². The number of rotatable bonds is 3. The smallest absolute Gasteiger partial charge is 0.412 e. The first-order valence-corrected chi connectivity index (χ1v) is 12.7. The van der Waals surface area contributed by atoms with Gasteiger partial charge in [-0.2, -0.15) is 0 Å². The molecule has 2 aliphatic heterocycles. The molecule has 6 rings (SSSR count). The number of nitrogens with one attached hydrogen (secondary N) is 1. The lowest BCUT2D eigenvalue weighted by atomic mass is 9.69. The van der Waals surface area contributed by atoms with Gasteiger partial charge in [0.25, 0.3) is 0 Å². The molecule has 0 saturated heterocycles. The standard InChI is InChI=1S/C28H27BrN2O4/c1-31-13-12-28-11-10-18(34-27(32)30-22-9-5-7-17-6-3-4-8-19(17)22)14-24(28)35-26-23(33-2)15-21(29)20(16-31)25(26)28/h3-11,15,18,24H,12-14,16H2,1-2H3,(H,30,32)/t18-,24-,28-/m0/s1. The number of nitrogens with zero attached hydrogens (tertiary/aromatic N) is 1. The van der Waals surface area contributed by atoms with Crippen molar-refractivity contribution in [3.8, 4) is 11.5 Å². The molecule has 1 amide bonds. The molecule has 2 heterocycles. The molecule has 3 aromatic rings. The Morgan fingerprint density at radius 3 is 2.91 bits per heavy atom. The maximum absolute atomic E-state index is 12.9. The molecule has 35 heavy (non-hydrogen) atoms. The minimum absolute atomic E-state index is 0.133. The summed E-state index contributed by atoms with van der Waals surface area (Å²) in [6, 6.07) is 15.8. The van der Waals surface area contributed by atoms with Crippen molar-refractivity contribution >= 4 is 38.5 Å². The van der Waals surface area contributed by atoms with Gasteiger partial charge in [-0.05, 0) is 49.2 Å². The Morgan fingerprint density at radius 1 is 1.23 bits per heavy atom. The van der Waals surface area contributed by atoms with E-state index in [1.807, 2.05) is 54.6 Å². The lowest BCUT2D eigenvalue weighted by Gasteiger charge is -2.36. The quantitative estimate of drug-likeness (QED) is 0.416.